The Kier molecular flexibility index (Phi) is 4.54. The van der Waals surface area contributed by atoms with Gasteiger partial charge < -0.3 is 4.57 Å². The summed E-state index contributed by atoms with van der Waals surface area (Å²) in [4.78, 5) is 10.7. The van der Waals surface area contributed by atoms with Crippen molar-refractivity contribution < 1.29 is 4.92 Å². The van der Waals surface area contributed by atoms with E-state index in [2.05, 4.69) is 0 Å². The number of hydrogen-bond donors (Lipinski definition) is 1. The molecule has 0 aliphatic heterocycles. The van der Waals surface area contributed by atoms with Gasteiger partial charge in [-0.1, -0.05) is 35.6 Å². The van der Waals surface area contributed by atoms with Crippen LogP contribution in [-0.4, -0.2) is 9.49 Å². The van der Waals surface area contributed by atoms with Gasteiger partial charge in [-0.15, -0.1) is 17.0 Å². The highest BCUT2D eigenvalue weighted by molar-refractivity contribution is 8.93. The molecule has 7 heteroatoms. The first-order chi connectivity index (χ1) is 9.65. The average molecular weight is 366 g/mol. The molecule has 0 saturated carbocycles. The molecule has 2 aromatic carbocycles. The molecule has 108 valence electrons. The zero-order chi connectivity index (χ0) is 14.1. The van der Waals surface area contributed by atoms with Crippen LogP contribution in [-0.2, 0) is 6.54 Å². The number of aromatic nitrogens is 1. The monoisotopic (exact) mass is 365 g/mol. The van der Waals surface area contributed by atoms with Gasteiger partial charge in [0.2, 0.25) is 0 Å². The van der Waals surface area contributed by atoms with Crippen LogP contribution in [0.25, 0.3) is 10.2 Å². The molecular formula is C14H12BrN3O2S. The van der Waals surface area contributed by atoms with E-state index in [-0.39, 0.29) is 22.7 Å². The van der Waals surface area contributed by atoms with Crippen molar-refractivity contribution in [3.8, 4) is 0 Å². The lowest BCUT2D eigenvalue weighted by Crippen LogP contribution is -2.13. The highest BCUT2D eigenvalue weighted by Crippen LogP contribution is 2.18. The van der Waals surface area contributed by atoms with Gasteiger partial charge in [-0.05, 0) is 17.7 Å². The van der Waals surface area contributed by atoms with Crippen LogP contribution in [0.5, 0.6) is 0 Å². The fourth-order valence-electron chi connectivity index (χ4n) is 2.10. The molecule has 0 fully saturated rings. The third kappa shape index (κ3) is 3.03. The normalized spacial score (nSPS) is 10.3. The van der Waals surface area contributed by atoms with Crippen molar-refractivity contribution in [2.24, 2.45) is 0 Å². The topological polar surface area (TPSA) is 71.9 Å². The number of nitro benzene ring substituents is 1. The molecule has 0 saturated heterocycles. The molecule has 1 heterocycles. The maximum Gasteiger partial charge on any atom is 0.269 e. The summed E-state index contributed by atoms with van der Waals surface area (Å²) in [5.74, 6) is 0. The molecule has 0 bridgehead atoms. The van der Waals surface area contributed by atoms with E-state index in [4.69, 9.17) is 5.41 Å². The second-order valence-electron chi connectivity index (χ2n) is 4.38. The Morgan fingerprint density at radius 2 is 1.81 bits per heavy atom. The van der Waals surface area contributed by atoms with Crippen LogP contribution in [0.2, 0.25) is 0 Å². The van der Waals surface area contributed by atoms with E-state index in [0.29, 0.717) is 11.3 Å². The van der Waals surface area contributed by atoms with Crippen molar-refractivity contribution >= 4 is 44.2 Å². The van der Waals surface area contributed by atoms with E-state index in [0.717, 1.165) is 15.8 Å². The van der Waals surface area contributed by atoms with Crippen LogP contribution in [0.15, 0.2) is 48.5 Å². The van der Waals surface area contributed by atoms with Crippen LogP contribution >= 0.6 is 28.3 Å². The zero-order valence-corrected chi connectivity index (χ0v) is 13.4. The summed E-state index contributed by atoms with van der Waals surface area (Å²) >= 11 is 1.43. The molecule has 3 rings (SSSR count). The Labute approximate surface area is 134 Å². The summed E-state index contributed by atoms with van der Waals surface area (Å²) in [6.07, 6.45) is 0. The number of fused-ring (bicyclic) bond motifs is 1. The highest BCUT2D eigenvalue weighted by Gasteiger charge is 2.07. The van der Waals surface area contributed by atoms with E-state index in [1.807, 2.05) is 28.8 Å². The van der Waals surface area contributed by atoms with Crippen LogP contribution in [0.1, 0.15) is 5.56 Å². The Bertz CT molecular complexity index is 839. The number of hydrogen-bond acceptors (Lipinski definition) is 4. The van der Waals surface area contributed by atoms with Gasteiger partial charge >= 0.3 is 0 Å². The number of halogens is 1. The molecular weight excluding hydrogens is 354 g/mol. The molecule has 0 aliphatic carbocycles. The van der Waals surface area contributed by atoms with Crippen molar-refractivity contribution in [3.63, 3.8) is 0 Å². The third-order valence-electron chi connectivity index (χ3n) is 3.10. The minimum absolute atomic E-state index is 0. The van der Waals surface area contributed by atoms with E-state index >= 15 is 0 Å². The minimum atomic E-state index is -0.410. The predicted octanol–water partition coefficient (Wildman–Crippen LogP) is 3.72. The number of nitrogens with zero attached hydrogens (tertiary/aromatic N) is 2. The number of para-hydroxylation sites is 1. The lowest BCUT2D eigenvalue weighted by atomic mass is 10.2. The fourth-order valence-corrected chi connectivity index (χ4v) is 3.01. The molecule has 1 N–H and O–H groups in total. The average Bonchev–Trinajstić information content (AvgIpc) is 2.76. The second-order valence-corrected chi connectivity index (χ2v) is 5.42. The summed E-state index contributed by atoms with van der Waals surface area (Å²) in [6.45, 7) is 0.543. The molecule has 21 heavy (non-hydrogen) atoms. The molecule has 0 aliphatic rings. The van der Waals surface area contributed by atoms with Gasteiger partial charge in [0, 0.05) is 12.1 Å². The summed E-state index contributed by atoms with van der Waals surface area (Å²) in [5.41, 5.74) is 2.04. The summed E-state index contributed by atoms with van der Waals surface area (Å²) in [6, 6.07) is 14.3. The van der Waals surface area contributed by atoms with Gasteiger partial charge in [0.25, 0.3) is 5.69 Å². The van der Waals surface area contributed by atoms with Crippen molar-refractivity contribution in [1.29, 1.82) is 5.41 Å². The first-order valence-electron chi connectivity index (χ1n) is 6.01. The molecule has 5 nitrogen and oxygen atoms in total. The zero-order valence-electron chi connectivity index (χ0n) is 10.9. The van der Waals surface area contributed by atoms with E-state index < -0.39 is 4.92 Å². The Balaban J connectivity index is 0.00000161. The lowest BCUT2D eigenvalue weighted by Gasteiger charge is -2.04. The number of nitrogens with one attached hydrogen (secondary N) is 1. The molecule has 0 radical (unpaired) electrons. The lowest BCUT2D eigenvalue weighted by molar-refractivity contribution is -0.384. The van der Waals surface area contributed by atoms with Crippen molar-refractivity contribution in [2.45, 2.75) is 6.54 Å². The Hall–Kier alpha value is -1.99. The van der Waals surface area contributed by atoms with Crippen molar-refractivity contribution in [3.05, 3.63) is 69.0 Å². The predicted molar refractivity (Wildman–Crippen MR) is 88.2 cm³/mol. The summed E-state index contributed by atoms with van der Waals surface area (Å²) < 4.78 is 2.97. The first kappa shape index (κ1) is 15.4. The molecule has 0 amide bonds. The van der Waals surface area contributed by atoms with E-state index in [1.54, 1.807) is 12.1 Å². The Morgan fingerprint density at radius 3 is 2.48 bits per heavy atom. The molecule has 0 spiro atoms. The largest absolute Gasteiger partial charge is 0.312 e. The SMILES string of the molecule is Br.N=c1sc2ccccc2n1Cc1ccc([N+](=O)[O-])cc1. The quantitative estimate of drug-likeness (QED) is 0.567. The first-order valence-corrected chi connectivity index (χ1v) is 6.83. The maximum atomic E-state index is 10.6. The fraction of sp³-hybridized carbons (Fsp3) is 0.0714. The molecule has 1 aromatic heterocycles. The van der Waals surface area contributed by atoms with Crippen LogP contribution in [0.4, 0.5) is 5.69 Å². The number of non-ortho nitro benzene ring substituents is 1. The second kappa shape index (κ2) is 6.19. The van der Waals surface area contributed by atoms with Gasteiger partial charge in [-0.3, -0.25) is 15.5 Å². The van der Waals surface area contributed by atoms with Gasteiger partial charge in [0.05, 0.1) is 21.7 Å². The van der Waals surface area contributed by atoms with Crippen LogP contribution < -0.4 is 4.80 Å². The number of benzene rings is 2. The third-order valence-corrected chi connectivity index (χ3v) is 4.07. The minimum Gasteiger partial charge on any atom is -0.312 e. The van der Waals surface area contributed by atoms with Crippen molar-refractivity contribution in [2.75, 3.05) is 0 Å². The number of rotatable bonds is 3. The van der Waals surface area contributed by atoms with Crippen LogP contribution in [0.3, 0.4) is 0 Å². The maximum absolute atomic E-state index is 10.6. The van der Waals surface area contributed by atoms with Gasteiger partial charge in [-0.25, -0.2) is 0 Å². The van der Waals surface area contributed by atoms with Crippen LogP contribution in [0, 0.1) is 15.5 Å². The molecule has 3 aromatic rings. The standard InChI is InChI=1S/C14H11N3O2S.BrH/c15-14-16(12-3-1-2-4-13(12)20-14)9-10-5-7-11(8-6-10)17(18)19;/h1-8,15H,9H2;1H. The molecule has 0 atom stereocenters. The number of thiazole rings is 1. The Morgan fingerprint density at radius 1 is 1.14 bits per heavy atom. The van der Waals surface area contributed by atoms with Gasteiger partial charge in [-0.2, -0.15) is 0 Å². The van der Waals surface area contributed by atoms with E-state index in [1.165, 1.54) is 23.5 Å². The number of nitro groups is 1. The smallest absolute Gasteiger partial charge is 0.269 e. The van der Waals surface area contributed by atoms with E-state index in [9.17, 15) is 10.1 Å². The van der Waals surface area contributed by atoms with Gasteiger partial charge in [0.1, 0.15) is 0 Å². The van der Waals surface area contributed by atoms with Gasteiger partial charge in [0.15, 0.2) is 4.80 Å². The summed E-state index contributed by atoms with van der Waals surface area (Å²) in [5, 5.41) is 18.7. The molecule has 0 unspecified atom stereocenters. The highest BCUT2D eigenvalue weighted by atomic mass is 79.9. The summed E-state index contributed by atoms with van der Waals surface area (Å²) in [7, 11) is 0. The van der Waals surface area contributed by atoms with Crippen molar-refractivity contribution in [1.82, 2.24) is 4.57 Å².